The molecule has 0 unspecified atom stereocenters. The molecule has 0 radical (unpaired) electrons. The molecule has 2 rings (SSSR count). The van der Waals surface area contributed by atoms with Gasteiger partial charge in [0.2, 0.25) is 0 Å². The average Bonchev–Trinajstić information content (AvgIpc) is 2.47. The SMILES string of the molecule is COc1cccc(CNC(=O)NC2CCCCC2)c1O. The third-order valence-electron chi connectivity index (χ3n) is 3.68. The summed E-state index contributed by atoms with van der Waals surface area (Å²) in [5.74, 6) is 0.491. The molecule has 5 nitrogen and oxygen atoms in total. The number of phenols is 1. The van der Waals surface area contributed by atoms with E-state index in [0.29, 0.717) is 11.3 Å². The first-order valence-electron chi connectivity index (χ1n) is 7.10. The van der Waals surface area contributed by atoms with Crippen LogP contribution in [0.4, 0.5) is 4.79 Å². The normalized spacial score (nSPS) is 15.7. The van der Waals surface area contributed by atoms with Gasteiger partial charge >= 0.3 is 6.03 Å². The lowest BCUT2D eigenvalue weighted by Crippen LogP contribution is -2.42. The van der Waals surface area contributed by atoms with E-state index in [4.69, 9.17) is 4.74 Å². The second-order valence-corrected chi connectivity index (χ2v) is 5.13. The number of carbonyl (C=O) groups excluding carboxylic acids is 1. The molecule has 0 spiro atoms. The zero-order valence-corrected chi connectivity index (χ0v) is 11.8. The number of hydrogen-bond acceptors (Lipinski definition) is 3. The minimum atomic E-state index is -0.181. The molecule has 1 fully saturated rings. The van der Waals surface area contributed by atoms with Gasteiger partial charge in [-0.05, 0) is 18.9 Å². The molecule has 5 heteroatoms. The fraction of sp³-hybridized carbons (Fsp3) is 0.533. The van der Waals surface area contributed by atoms with Crippen molar-refractivity contribution in [3.8, 4) is 11.5 Å². The smallest absolute Gasteiger partial charge is 0.315 e. The van der Waals surface area contributed by atoms with Crippen molar-refractivity contribution in [2.24, 2.45) is 0 Å². The van der Waals surface area contributed by atoms with Gasteiger partial charge in [0.05, 0.1) is 7.11 Å². The van der Waals surface area contributed by atoms with Gasteiger partial charge in [-0.25, -0.2) is 4.79 Å². The van der Waals surface area contributed by atoms with Crippen LogP contribution in [0.15, 0.2) is 18.2 Å². The van der Waals surface area contributed by atoms with Crippen molar-refractivity contribution in [3.63, 3.8) is 0 Å². The van der Waals surface area contributed by atoms with Gasteiger partial charge in [0.15, 0.2) is 11.5 Å². The number of nitrogens with one attached hydrogen (secondary N) is 2. The molecule has 20 heavy (non-hydrogen) atoms. The van der Waals surface area contributed by atoms with Crippen LogP contribution in [0.3, 0.4) is 0 Å². The zero-order valence-electron chi connectivity index (χ0n) is 11.8. The van der Waals surface area contributed by atoms with E-state index in [2.05, 4.69) is 10.6 Å². The molecule has 1 aromatic rings. The second kappa shape index (κ2) is 7.03. The number of para-hydroxylation sites is 1. The van der Waals surface area contributed by atoms with Gasteiger partial charge in [0, 0.05) is 18.2 Å². The third-order valence-corrected chi connectivity index (χ3v) is 3.68. The highest BCUT2D eigenvalue weighted by Gasteiger charge is 2.15. The maximum atomic E-state index is 11.8. The molecular formula is C15H22N2O3. The van der Waals surface area contributed by atoms with Gasteiger partial charge in [-0.3, -0.25) is 0 Å². The topological polar surface area (TPSA) is 70.6 Å². The van der Waals surface area contributed by atoms with E-state index in [-0.39, 0.29) is 24.4 Å². The van der Waals surface area contributed by atoms with Crippen molar-refractivity contribution in [2.75, 3.05) is 7.11 Å². The molecule has 0 aromatic heterocycles. The molecule has 1 aromatic carbocycles. The summed E-state index contributed by atoms with van der Waals surface area (Å²) in [7, 11) is 1.50. The number of ether oxygens (including phenoxy) is 1. The molecule has 0 atom stereocenters. The fourth-order valence-electron chi connectivity index (χ4n) is 2.53. The van der Waals surface area contributed by atoms with E-state index < -0.39 is 0 Å². The van der Waals surface area contributed by atoms with E-state index >= 15 is 0 Å². The lowest BCUT2D eigenvalue weighted by molar-refractivity contribution is 0.232. The van der Waals surface area contributed by atoms with Crippen molar-refractivity contribution in [1.29, 1.82) is 0 Å². The van der Waals surface area contributed by atoms with Gasteiger partial charge in [-0.1, -0.05) is 31.4 Å². The summed E-state index contributed by atoms with van der Waals surface area (Å²) in [5.41, 5.74) is 0.642. The Morgan fingerprint density at radius 1 is 1.35 bits per heavy atom. The Bertz CT molecular complexity index is 456. The summed E-state index contributed by atoms with van der Waals surface area (Å²) in [5, 5.41) is 15.7. The summed E-state index contributed by atoms with van der Waals surface area (Å²) < 4.78 is 5.04. The summed E-state index contributed by atoms with van der Waals surface area (Å²) in [6.07, 6.45) is 5.73. The maximum Gasteiger partial charge on any atom is 0.315 e. The monoisotopic (exact) mass is 278 g/mol. The number of benzene rings is 1. The number of aromatic hydroxyl groups is 1. The molecule has 110 valence electrons. The van der Waals surface area contributed by atoms with Crippen LogP contribution in [0.5, 0.6) is 11.5 Å². The Balaban J connectivity index is 1.83. The predicted molar refractivity (Wildman–Crippen MR) is 76.9 cm³/mol. The number of urea groups is 1. The average molecular weight is 278 g/mol. The standard InChI is InChI=1S/C15H22N2O3/c1-20-13-9-5-6-11(14(13)18)10-16-15(19)17-12-7-3-2-4-8-12/h5-6,9,12,18H,2-4,7-8,10H2,1H3,(H2,16,17,19). The molecule has 1 aliphatic carbocycles. The predicted octanol–water partition coefficient (Wildman–Crippen LogP) is 2.53. The number of phenolic OH excluding ortho intramolecular Hbond substituents is 1. The Hall–Kier alpha value is -1.91. The summed E-state index contributed by atoms with van der Waals surface area (Å²) in [4.78, 5) is 11.8. The minimum absolute atomic E-state index is 0.0768. The van der Waals surface area contributed by atoms with Gasteiger partial charge in [-0.2, -0.15) is 0 Å². The lowest BCUT2D eigenvalue weighted by atomic mass is 9.96. The van der Waals surface area contributed by atoms with Crippen LogP contribution in [0.1, 0.15) is 37.7 Å². The first-order valence-corrected chi connectivity index (χ1v) is 7.10. The Morgan fingerprint density at radius 3 is 2.80 bits per heavy atom. The third kappa shape index (κ3) is 3.79. The number of carbonyl (C=O) groups is 1. The first-order chi connectivity index (χ1) is 9.70. The van der Waals surface area contributed by atoms with Gasteiger partial charge in [-0.15, -0.1) is 0 Å². The first kappa shape index (κ1) is 14.5. The van der Waals surface area contributed by atoms with Crippen molar-refractivity contribution in [3.05, 3.63) is 23.8 Å². The van der Waals surface area contributed by atoms with Crippen molar-refractivity contribution < 1.29 is 14.6 Å². The second-order valence-electron chi connectivity index (χ2n) is 5.13. The highest BCUT2D eigenvalue weighted by molar-refractivity contribution is 5.74. The summed E-state index contributed by atoms with van der Waals surface area (Å²) in [6.45, 7) is 0.279. The number of hydrogen-bond donors (Lipinski definition) is 3. The highest BCUT2D eigenvalue weighted by atomic mass is 16.5. The van der Waals surface area contributed by atoms with Crippen molar-refractivity contribution in [1.82, 2.24) is 10.6 Å². The van der Waals surface area contributed by atoms with E-state index in [1.807, 2.05) is 0 Å². The van der Waals surface area contributed by atoms with E-state index in [0.717, 1.165) is 12.8 Å². The van der Waals surface area contributed by atoms with Crippen LogP contribution in [0.25, 0.3) is 0 Å². The van der Waals surface area contributed by atoms with Crippen molar-refractivity contribution >= 4 is 6.03 Å². The van der Waals surface area contributed by atoms with Crippen LogP contribution >= 0.6 is 0 Å². The number of amides is 2. The fourth-order valence-corrected chi connectivity index (χ4v) is 2.53. The van der Waals surface area contributed by atoms with Crippen LogP contribution in [-0.2, 0) is 6.54 Å². The van der Waals surface area contributed by atoms with Gasteiger partial charge < -0.3 is 20.5 Å². The van der Waals surface area contributed by atoms with Gasteiger partial charge in [0.25, 0.3) is 0 Å². The van der Waals surface area contributed by atoms with Crippen molar-refractivity contribution in [2.45, 2.75) is 44.7 Å². The van der Waals surface area contributed by atoms with Crippen LogP contribution in [0, 0.1) is 0 Å². The van der Waals surface area contributed by atoms with Crippen LogP contribution in [-0.4, -0.2) is 24.3 Å². The molecule has 1 saturated carbocycles. The van der Waals surface area contributed by atoms with E-state index in [1.165, 1.54) is 26.4 Å². The molecule has 0 saturated heterocycles. The molecule has 3 N–H and O–H groups in total. The minimum Gasteiger partial charge on any atom is -0.504 e. The van der Waals surface area contributed by atoms with Crippen LogP contribution < -0.4 is 15.4 Å². The maximum absolute atomic E-state index is 11.8. The zero-order chi connectivity index (χ0) is 14.4. The Labute approximate surface area is 119 Å². The molecule has 0 bridgehead atoms. The van der Waals surface area contributed by atoms with E-state index in [1.54, 1.807) is 18.2 Å². The molecule has 1 aliphatic rings. The largest absolute Gasteiger partial charge is 0.504 e. The van der Waals surface area contributed by atoms with Crippen LogP contribution in [0.2, 0.25) is 0 Å². The number of methoxy groups -OCH3 is 1. The number of rotatable bonds is 4. The quantitative estimate of drug-likeness (QED) is 0.792. The summed E-state index contributed by atoms with van der Waals surface area (Å²) >= 11 is 0. The molecule has 0 heterocycles. The summed E-state index contributed by atoms with van der Waals surface area (Å²) in [6, 6.07) is 5.33. The lowest BCUT2D eigenvalue weighted by Gasteiger charge is -2.23. The molecule has 0 aliphatic heterocycles. The van der Waals surface area contributed by atoms with Gasteiger partial charge in [0.1, 0.15) is 0 Å². The van der Waals surface area contributed by atoms with E-state index in [9.17, 15) is 9.90 Å². The highest BCUT2D eigenvalue weighted by Crippen LogP contribution is 2.29. The molecule has 2 amide bonds. The molecular weight excluding hydrogens is 256 g/mol. The Kier molecular flexibility index (Phi) is 5.09. The Morgan fingerprint density at radius 2 is 2.10 bits per heavy atom.